The second kappa shape index (κ2) is 17.0. The summed E-state index contributed by atoms with van der Waals surface area (Å²) in [6, 6.07) is 14.1. The topological polar surface area (TPSA) is 156 Å². The lowest BCUT2D eigenvalue weighted by atomic mass is 9.90. The van der Waals surface area contributed by atoms with Crippen LogP contribution in [0.1, 0.15) is 80.0 Å². The van der Waals surface area contributed by atoms with Gasteiger partial charge >= 0.3 is 5.69 Å². The average Bonchev–Trinajstić information content (AvgIpc) is 4.11. The monoisotopic (exact) mass is 843 g/mol. The van der Waals surface area contributed by atoms with E-state index in [1.54, 1.807) is 39.2 Å². The Morgan fingerprint density at radius 2 is 1.58 bits per heavy atom. The minimum Gasteiger partial charge on any atom is -0.385 e. The first-order valence-electron chi connectivity index (χ1n) is 22.0. The summed E-state index contributed by atoms with van der Waals surface area (Å²) in [6.07, 6.45) is 10.2. The number of imide groups is 1. The number of benzene rings is 2. The highest BCUT2D eigenvalue weighted by Gasteiger charge is 2.33. The zero-order valence-corrected chi connectivity index (χ0v) is 35.6. The van der Waals surface area contributed by atoms with Crippen LogP contribution in [-0.4, -0.2) is 74.7 Å². The van der Waals surface area contributed by atoms with Crippen LogP contribution in [0.4, 0.5) is 27.3 Å². The Hall–Kier alpha value is -6.09. The molecule has 4 fully saturated rings. The van der Waals surface area contributed by atoms with Crippen LogP contribution in [-0.2, 0) is 16.6 Å². The SMILES string of the molecule is Cc1ccc(Nc2c3c(=O)n(C4CC4)c(=O)n(-c4cccc(NCC5CCN(CC6CCN(c7cncc(C8CCC(=O)NC8=O)c7)CC6)CC5)c4)c3c(C)c(=O)n2C)c(F)c1. The molecule has 6 heterocycles. The number of carbonyl (C=O) groups excluding carboxylic acids is 2. The van der Waals surface area contributed by atoms with E-state index in [1.807, 2.05) is 30.5 Å². The molecule has 3 aliphatic heterocycles. The summed E-state index contributed by atoms with van der Waals surface area (Å²) in [5.41, 5.74) is 3.17. The standard InChI is InChI=1S/C47H54FN9O5/c1-28-7-11-39(38(48)21-28)51-43-41-42(29(2)45(60)53(43)3)56(47(62)57(46(41)61)34-8-9-34)35-6-4-5-33(23-35)50-24-30-13-17-54(18-14-30)27-31-15-19-55(20-16-31)36-22-32(25-49-26-36)37-10-12-40(58)52-44(37)59/h4-7,11,21-23,25-26,30-31,34,37,50-51H,8-10,12-20,24,27H2,1-3H3,(H,52,58,59). The van der Waals surface area contributed by atoms with Gasteiger partial charge in [0.1, 0.15) is 17.0 Å². The smallest absolute Gasteiger partial charge is 0.336 e. The van der Waals surface area contributed by atoms with Gasteiger partial charge in [-0.05, 0) is 131 Å². The molecular weight excluding hydrogens is 790 g/mol. The van der Waals surface area contributed by atoms with E-state index >= 15 is 4.39 Å². The zero-order chi connectivity index (χ0) is 43.2. The van der Waals surface area contributed by atoms with Gasteiger partial charge in [0, 0.05) is 63.1 Å². The molecular formula is C47H54FN9O5. The molecule has 14 nitrogen and oxygen atoms in total. The third kappa shape index (κ3) is 8.17. The summed E-state index contributed by atoms with van der Waals surface area (Å²) in [4.78, 5) is 75.9. The lowest BCUT2D eigenvalue weighted by Crippen LogP contribution is -2.42. The van der Waals surface area contributed by atoms with Crippen molar-refractivity contribution in [2.45, 2.75) is 77.2 Å². The Morgan fingerprint density at radius 1 is 0.823 bits per heavy atom. The van der Waals surface area contributed by atoms with Crippen LogP contribution in [0.5, 0.6) is 0 Å². The van der Waals surface area contributed by atoms with Gasteiger partial charge in [0.2, 0.25) is 11.8 Å². The number of amides is 2. The molecule has 4 aliphatic rings. The van der Waals surface area contributed by atoms with Crippen molar-refractivity contribution in [2.24, 2.45) is 18.9 Å². The second-order valence-electron chi connectivity index (χ2n) is 17.8. The number of rotatable bonds is 11. The number of hydrogen-bond acceptors (Lipinski definition) is 10. The third-order valence-corrected chi connectivity index (χ3v) is 13.4. The van der Waals surface area contributed by atoms with Crippen LogP contribution in [0.2, 0.25) is 0 Å². The molecule has 1 unspecified atom stereocenters. The first kappa shape index (κ1) is 41.3. The van der Waals surface area contributed by atoms with Crippen LogP contribution < -0.4 is 37.7 Å². The molecule has 5 aromatic rings. The van der Waals surface area contributed by atoms with E-state index in [1.165, 1.54) is 19.8 Å². The number of piperidine rings is 3. The Labute approximate surface area is 358 Å². The largest absolute Gasteiger partial charge is 0.385 e. The zero-order valence-electron chi connectivity index (χ0n) is 35.6. The molecule has 2 aromatic carbocycles. The summed E-state index contributed by atoms with van der Waals surface area (Å²) in [5, 5.41) is 9.27. The van der Waals surface area contributed by atoms with Gasteiger partial charge in [-0.3, -0.25) is 43.2 Å². The average molecular weight is 844 g/mol. The van der Waals surface area contributed by atoms with Crippen molar-refractivity contribution in [3.63, 3.8) is 0 Å². The van der Waals surface area contributed by atoms with Crippen molar-refractivity contribution in [1.29, 1.82) is 0 Å². The van der Waals surface area contributed by atoms with Crippen LogP contribution in [0.3, 0.4) is 0 Å². The molecule has 62 heavy (non-hydrogen) atoms. The number of pyridine rings is 2. The quantitative estimate of drug-likeness (QED) is 0.142. The lowest BCUT2D eigenvalue weighted by Gasteiger charge is -2.38. The molecule has 324 valence electrons. The Morgan fingerprint density at radius 3 is 2.31 bits per heavy atom. The number of likely N-dealkylation sites (tertiary alicyclic amines) is 1. The Bertz CT molecular complexity index is 2740. The molecule has 1 atom stereocenters. The van der Waals surface area contributed by atoms with E-state index in [0.29, 0.717) is 43.2 Å². The molecule has 3 saturated heterocycles. The summed E-state index contributed by atoms with van der Waals surface area (Å²) in [6.45, 7) is 9.21. The summed E-state index contributed by atoms with van der Waals surface area (Å²) >= 11 is 0. The van der Waals surface area contributed by atoms with Gasteiger partial charge in [-0.25, -0.2) is 9.18 Å². The van der Waals surface area contributed by atoms with Gasteiger partial charge < -0.3 is 20.4 Å². The number of anilines is 4. The maximum absolute atomic E-state index is 15.2. The predicted molar refractivity (Wildman–Crippen MR) is 238 cm³/mol. The number of carbonyl (C=O) groups is 2. The molecule has 3 N–H and O–H groups in total. The number of fused-ring (bicyclic) bond motifs is 1. The molecule has 9 rings (SSSR count). The number of aromatic nitrogens is 4. The molecule has 0 radical (unpaired) electrons. The second-order valence-corrected chi connectivity index (χ2v) is 17.8. The van der Waals surface area contributed by atoms with Crippen molar-refractivity contribution in [2.75, 3.05) is 54.8 Å². The van der Waals surface area contributed by atoms with Crippen molar-refractivity contribution in [1.82, 2.24) is 28.9 Å². The number of nitrogens with zero attached hydrogens (tertiary/aromatic N) is 6. The van der Waals surface area contributed by atoms with Crippen LogP contribution >= 0.6 is 0 Å². The minimum absolute atomic E-state index is 0.120. The van der Waals surface area contributed by atoms with Crippen LogP contribution in [0.25, 0.3) is 16.6 Å². The molecule has 1 saturated carbocycles. The number of hydrogen-bond donors (Lipinski definition) is 3. The van der Waals surface area contributed by atoms with Crippen molar-refractivity contribution in [3.8, 4) is 5.69 Å². The van der Waals surface area contributed by atoms with Crippen molar-refractivity contribution in [3.05, 3.63) is 115 Å². The van der Waals surface area contributed by atoms with Crippen molar-refractivity contribution < 1.29 is 14.0 Å². The highest BCUT2D eigenvalue weighted by Crippen LogP contribution is 2.35. The Kier molecular flexibility index (Phi) is 11.3. The molecule has 3 aromatic heterocycles. The minimum atomic E-state index is -0.518. The molecule has 0 bridgehead atoms. The van der Waals surface area contributed by atoms with Crippen LogP contribution in [0, 0.1) is 31.5 Å². The van der Waals surface area contributed by atoms with Gasteiger partial charge in [0.05, 0.1) is 34.7 Å². The van der Waals surface area contributed by atoms with Gasteiger partial charge in [0.15, 0.2) is 0 Å². The normalized spacial score (nSPS) is 19.2. The maximum atomic E-state index is 15.2. The van der Waals surface area contributed by atoms with E-state index in [0.717, 1.165) is 87.5 Å². The van der Waals surface area contributed by atoms with Gasteiger partial charge in [-0.2, -0.15) is 0 Å². The van der Waals surface area contributed by atoms with E-state index in [2.05, 4.69) is 36.8 Å². The van der Waals surface area contributed by atoms with Gasteiger partial charge in [-0.1, -0.05) is 12.1 Å². The number of nitrogens with one attached hydrogen (secondary N) is 3. The lowest BCUT2D eigenvalue weighted by molar-refractivity contribution is -0.134. The van der Waals surface area contributed by atoms with Gasteiger partial charge in [-0.15, -0.1) is 0 Å². The van der Waals surface area contributed by atoms with E-state index in [4.69, 9.17) is 0 Å². The molecule has 0 spiro atoms. The number of aryl methyl sites for hydroxylation is 2. The van der Waals surface area contributed by atoms with E-state index in [-0.39, 0.29) is 51.7 Å². The maximum Gasteiger partial charge on any atom is 0.336 e. The highest BCUT2D eigenvalue weighted by molar-refractivity contribution is 6.01. The van der Waals surface area contributed by atoms with E-state index in [9.17, 15) is 24.0 Å². The first-order valence-corrected chi connectivity index (χ1v) is 22.0. The van der Waals surface area contributed by atoms with E-state index < -0.39 is 22.6 Å². The first-order chi connectivity index (χ1) is 29.9. The molecule has 15 heteroatoms. The predicted octanol–water partition coefficient (Wildman–Crippen LogP) is 5.64. The summed E-state index contributed by atoms with van der Waals surface area (Å²) < 4.78 is 19.2. The summed E-state index contributed by atoms with van der Waals surface area (Å²) in [7, 11) is 1.55. The number of halogens is 1. The van der Waals surface area contributed by atoms with Gasteiger partial charge in [0.25, 0.3) is 11.1 Å². The van der Waals surface area contributed by atoms with Crippen molar-refractivity contribution >= 4 is 45.6 Å². The fourth-order valence-corrected chi connectivity index (χ4v) is 9.65. The third-order valence-electron chi connectivity index (χ3n) is 13.4. The highest BCUT2D eigenvalue weighted by atomic mass is 19.1. The molecule has 2 amide bonds. The fourth-order valence-electron chi connectivity index (χ4n) is 9.65. The van der Waals surface area contributed by atoms with Crippen LogP contribution in [0.15, 0.2) is 75.3 Å². The summed E-state index contributed by atoms with van der Waals surface area (Å²) in [5.74, 6) is -0.0894. The molecule has 1 aliphatic carbocycles. The Balaban J connectivity index is 0.853. The fraction of sp³-hybridized carbons (Fsp3) is 0.447.